The summed E-state index contributed by atoms with van der Waals surface area (Å²) >= 11 is 0. The number of methoxy groups -OCH3 is 1. The molecule has 1 fully saturated rings. The van der Waals surface area contributed by atoms with E-state index in [1.54, 1.807) is 0 Å². The predicted octanol–water partition coefficient (Wildman–Crippen LogP) is -0.695. The Balaban J connectivity index is 0.00000264. The maximum Gasteiger partial charge on any atom is 0.329 e. The topological polar surface area (TPSA) is 119 Å². The lowest BCUT2D eigenvalue weighted by molar-refractivity contribution is -0.149. The maximum atomic E-state index is 12.5. The zero-order valence-electron chi connectivity index (χ0n) is 12.4. The molecule has 0 aromatic heterocycles. The first-order valence-electron chi connectivity index (χ1n) is 6.25. The van der Waals surface area contributed by atoms with Crippen LogP contribution < -0.4 is 10.0 Å². The van der Waals surface area contributed by atoms with Gasteiger partial charge in [-0.2, -0.15) is 4.72 Å². The van der Waals surface area contributed by atoms with Crippen LogP contribution in [-0.4, -0.2) is 54.8 Å². The van der Waals surface area contributed by atoms with Crippen LogP contribution in [0, 0.1) is 0 Å². The summed E-state index contributed by atoms with van der Waals surface area (Å²) in [5.74, 6) is -0.730. The lowest BCUT2D eigenvalue weighted by Gasteiger charge is -2.39. The number of nitrogens with one attached hydrogen (secondary N) is 2. The van der Waals surface area contributed by atoms with Crippen LogP contribution in [0.15, 0.2) is 34.1 Å². The molecular weight excluding hydrogens is 368 g/mol. The first-order valence-corrected chi connectivity index (χ1v) is 9.62. The smallest absolute Gasteiger partial charge is 0.329 e. The molecule has 11 heteroatoms. The molecular formula is C12H17ClN2O6S2. The van der Waals surface area contributed by atoms with Gasteiger partial charge in [-0.15, -0.1) is 12.4 Å². The number of hydrogen-bond acceptors (Lipinski definition) is 7. The van der Waals surface area contributed by atoms with Crippen LogP contribution in [0.5, 0.6) is 0 Å². The van der Waals surface area contributed by atoms with E-state index in [1.807, 2.05) is 0 Å². The summed E-state index contributed by atoms with van der Waals surface area (Å²) in [7, 11) is -6.80. The summed E-state index contributed by atoms with van der Waals surface area (Å²) in [5.41, 5.74) is -1.42. The molecule has 1 heterocycles. The lowest BCUT2D eigenvalue weighted by Crippen LogP contribution is -2.73. The fourth-order valence-electron chi connectivity index (χ4n) is 2.12. The molecule has 0 aliphatic carbocycles. The summed E-state index contributed by atoms with van der Waals surface area (Å²) in [6.45, 7) is 0.139. The number of sulfone groups is 1. The molecule has 23 heavy (non-hydrogen) atoms. The number of rotatable bonds is 5. The Labute approximate surface area is 141 Å². The largest absolute Gasteiger partial charge is 0.468 e. The summed E-state index contributed by atoms with van der Waals surface area (Å²) in [6, 6.07) is 5.22. The third-order valence-electron chi connectivity index (χ3n) is 3.30. The van der Waals surface area contributed by atoms with E-state index < -0.39 is 36.3 Å². The highest BCUT2D eigenvalue weighted by Crippen LogP contribution is 2.23. The molecule has 2 rings (SSSR count). The van der Waals surface area contributed by atoms with Gasteiger partial charge in [-0.1, -0.05) is 12.1 Å². The molecule has 0 saturated carbocycles. The van der Waals surface area contributed by atoms with E-state index in [9.17, 15) is 21.6 Å². The Bertz CT molecular complexity index is 803. The number of carbonyl (C=O) groups excluding carboxylic acids is 1. The lowest BCUT2D eigenvalue weighted by atomic mass is 9.94. The van der Waals surface area contributed by atoms with Gasteiger partial charge in [0.25, 0.3) is 0 Å². The van der Waals surface area contributed by atoms with E-state index >= 15 is 0 Å². The zero-order chi connectivity index (χ0) is 16.6. The van der Waals surface area contributed by atoms with Gasteiger partial charge in [0, 0.05) is 19.3 Å². The van der Waals surface area contributed by atoms with Gasteiger partial charge in [-0.25, -0.2) is 21.6 Å². The van der Waals surface area contributed by atoms with Crippen molar-refractivity contribution in [1.82, 2.24) is 10.0 Å². The Morgan fingerprint density at radius 2 is 1.70 bits per heavy atom. The van der Waals surface area contributed by atoms with Crippen LogP contribution >= 0.6 is 12.4 Å². The van der Waals surface area contributed by atoms with Crippen LogP contribution in [0.3, 0.4) is 0 Å². The van der Waals surface area contributed by atoms with Crippen molar-refractivity contribution in [3.63, 3.8) is 0 Å². The summed E-state index contributed by atoms with van der Waals surface area (Å²) in [4.78, 5) is 11.1. The van der Waals surface area contributed by atoms with E-state index in [1.165, 1.54) is 24.3 Å². The van der Waals surface area contributed by atoms with Crippen LogP contribution in [0.2, 0.25) is 0 Å². The average molecular weight is 385 g/mol. The van der Waals surface area contributed by atoms with Crippen molar-refractivity contribution in [1.29, 1.82) is 0 Å². The molecule has 130 valence electrons. The van der Waals surface area contributed by atoms with Crippen LogP contribution in [0.1, 0.15) is 0 Å². The molecule has 1 saturated heterocycles. The van der Waals surface area contributed by atoms with Crippen LogP contribution in [0.4, 0.5) is 0 Å². The molecule has 0 spiro atoms. The fourth-order valence-corrected chi connectivity index (χ4v) is 5.10. The molecule has 2 N–H and O–H groups in total. The molecule has 0 amide bonds. The number of benzene rings is 1. The maximum absolute atomic E-state index is 12.5. The minimum Gasteiger partial charge on any atom is -0.468 e. The average Bonchev–Trinajstić information content (AvgIpc) is 2.41. The molecule has 0 unspecified atom stereocenters. The molecule has 1 aliphatic rings. The van der Waals surface area contributed by atoms with Gasteiger partial charge in [0.05, 0.1) is 12.0 Å². The molecule has 1 aromatic rings. The summed E-state index contributed by atoms with van der Waals surface area (Å²) in [6.07, 6.45) is 0.919. The summed E-state index contributed by atoms with van der Waals surface area (Å²) in [5, 5.41) is 2.79. The third-order valence-corrected chi connectivity index (χ3v) is 6.18. The van der Waals surface area contributed by atoms with Crippen LogP contribution in [-0.2, 0) is 29.4 Å². The van der Waals surface area contributed by atoms with Gasteiger partial charge in [-0.3, -0.25) is 0 Å². The Morgan fingerprint density at radius 1 is 1.17 bits per heavy atom. The molecule has 1 aromatic carbocycles. The minimum absolute atomic E-state index is 0. The van der Waals surface area contributed by atoms with Crippen molar-refractivity contribution in [2.45, 2.75) is 15.3 Å². The molecule has 1 aliphatic heterocycles. The highest BCUT2D eigenvalue weighted by atomic mass is 35.5. The van der Waals surface area contributed by atoms with Gasteiger partial charge >= 0.3 is 5.97 Å². The van der Waals surface area contributed by atoms with E-state index in [2.05, 4.69) is 14.8 Å². The van der Waals surface area contributed by atoms with Crippen LogP contribution in [0.25, 0.3) is 0 Å². The third kappa shape index (κ3) is 3.83. The normalized spacial score (nSPS) is 16.8. The van der Waals surface area contributed by atoms with Gasteiger partial charge in [0.1, 0.15) is 4.90 Å². The zero-order valence-corrected chi connectivity index (χ0v) is 14.8. The van der Waals surface area contributed by atoms with Gasteiger partial charge in [0.2, 0.25) is 10.0 Å². The standard InChI is InChI=1S/C12H16N2O6S2.ClH/c1-20-11(15)12(7-13-8-12)14-22(18,19)10-6-4-3-5-9(10)21(2,16)17;/h3-6,13-14H,7-8H2,1-2H3;1H. The van der Waals surface area contributed by atoms with E-state index in [0.29, 0.717) is 0 Å². The second-order valence-electron chi connectivity index (χ2n) is 5.00. The quantitative estimate of drug-likeness (QED) is 0.644. The Morgan fingerprint density at radius 3 is 2.09 bits per heavy atom. The number of esters is 1. The van der Waals surface area contributed by atoms with Crippen molar-refractivity contribution in [2.24, 2.45) is 0 Å². The first kappa shape index (κ1) is 19.8. The van der Waals surface area contributed by atoms with Crippen molar-refractivity contribution in [3.8, 4) is 0 Å². The second-order valence-corrected chi connectivity index (χ2v) is 8.64. The van der Waals surface area contributed by atoms with Gasteiger partial charge in [-0.05, 0) is 12.1 Å². The van der Waals surface area contributed by atoms with E-state index in [-0.39, 0.29) is 30.4 Å². The molecule has 0 atom stereocenters. The SMILES string of the molecule is COC(=O)C1(NS(=O)(=O)c2ccccc2S(C)(=O)=O)CNC1.Cl. The number of sulfonamides is 1. The second kappa shape index (κ2) is 6.73. The minimum atomic E-state index is -4.22. The molecule has 0 bridgehead atoms. The number of halogens is 1. The highest BCUT2D eigenvalue weighted by molar-refractivity contribution is 7.93. The van der Waals surface area contributed by atoms with Gasteiger partial charge in [0.15, 0.2) is 15.4 Å². The number of ether oxygens (including phenoxy) is 1. The van der Waals surface area contributed by atoms with Crippen molar-refractivity contribution >= 4 is 38.2 Å². The van der Waals surface area contributed by atoms with Crippen molar-refractivity contribution < 1.29 is 26.4 Å². The van der Waals surface area contributed by atoms with Crippen molar-refractivity contribution in [3.05, 3.63) is 24.3 Å². The van der Waals surface area contributed by atoms with E-state index in [4.69, 9.17) is 0 Å². The number of hydrogen-bond donors (Lipinski definition) is 2. The summed E-state index contributed by atoms with van der Waals surface area (Å²) < 4.78 is 55.4. The van der Waals surface area contributed by atoms with Crippen molar-refractivity contribution in [2.75, 3.05) is 26.5 Å². The fraction of sp³-hybridized carbons (Fsp3) is 0.417. The molecule has 0 radical (unpaired) electrons. The number of carbonyl (C=O) groups is 1. The van der Waals surface area contributed by atoms with E-state index in [0.717, 1.165) is 13.4 Å². The monoisotopic (exact) mass is 384 g/mol. The first-order chi connectivity index (χ1) is 10.1. The predicted molar refractivity (Wildman–Crippen MR) is 84.7 cm³/mol. The highest BCUT2D eigenvalue weighted by Gasteiger charge is 2.49. The van der Waals surface area contributed by atoms with Gasteiger partial charge < -0.3 is 10.1 Å². The molecule has 8 nitrogen and oxygen atoms in total. The Kier molecular flexibility index (Phi) is 5.81. The Hall–Kier alpha value is -1.20.